The number of hydrogen-bond acceptors (Lipinski definition) is 5. The first kappa shape index (κ1) is 16.1. The second-order valence-corrected chi connectivity index (χ2v) is 6.87. The van der Waals surface area contributed by atoms with Gasteiger partial charge >= 0.3 is 5.97 Å². The molecular weight excluding hydrogens is 329 g/mol. The number of aliphatic hydroxyl groups excluding tert-OH is 2. The van der Waals surface area contributed by atoms with Gasteiger partial charge in [-0.25, -0.2) is 17.6 Å². The van der Waals surface area contributed by atoms with Crippen LogP contribution in [0.3, 0.4) is 0 Å². The number of aliphatic hydroxyl groups is 2. The highest BCUT2D eigenvalue weighted by Gasteiger charge is 2.39. The molecule has 0 aromatic heterocycles. The molecule has 0 spiro atoms. The summed E-state index contributed by atoms with van der Waals surface area (Å²) in [6.45, 7) is -0.838. The van der Waals surface area contributed by atoms with Gasteiger partial charge < -0.3 is 15.3 Å². The average Bonchev–Trinajstić information content (AvgIpc) is 2.72. The van der Waals surface area contributed by atoms with Gasteiger partial charge in [0.05, 0.1) is 17.8 Å². The summed E-state index contributed by atoms with van der Waals surface area (Å²) in [5, 5.41) is 27.3. The fraction of sp³-hybridized carbons (Fsp3) is 0.364. The van der Waals surface area contributed by atoms with E-state index >= 15 is 0 Å². The molecule has 2 rings (SSSR count). The molecule has 1 heterocycles. The first-order valence-electron chi connectivity index (χ1n) is 5.73. The number of rotatable bonds is 3. The zero-order chi connectivity index (χ0) is 15.9. The van der Waals surface area contributed by atoms with E-state index in [4.69, 9.17) is 16.7 Å². The van der Waals surface area contributed by atoms with Gasteiger partial charge in [-0.2, -0.15) is 4.31 Å². The lowest BCUT2D eigenvalue weighted by Gasteiger charge is -2.17. The molecule has 1 aliphatic heterocycles. The lowest BCUT2D eigenvalue weighted by Crippen LogP contribution is -2.31. The number of halogens is 2. The SMILES string of the molecule is O=C(O)c1cc(Cl)cc(S(=O)(=O)N2CC(O)C(O)C2)c1F. The van der Waals surface area contributed by atoms with Crippen LogP contribution in [0.1, 0.15) is 10.4 Å². The Morgan fingerprint density at radius 2 is 1.81 bits per heavy atom. The number of nitrogens with zero attached hydrogens (tertiary/aromatic N) is 1. The first-order chi connectivity index (χ1) is 9.64. The molecule has 1 aliphatic rings. The second kappa shape index (κ2) is 5.50. The van der Waals surface area contributed by atoms with Gasteiger partial charge in [0.1, 0.15) is 4.90 Å². The van der Waals surface area contributed by atoms with Crippen LogP contribution in [-0.2, 0) is 10.0 Å². The molecular formula is C11H11ClFNO6S. The fourth-order valence-electron chi connectivity index (χ4n) is 1.98. The van der Waals surface area contributed by atoms with Crippen molar-refractivity contribution >= 4 is 27.6 Å². The van der Waals surface area contributed by atoms with Gasteiger partial charge in [0, 0.05) is 18.1 Å². The highest BCUT2D eigenvalue weighted by Crippen LogP contribution is 2.28. The van der Waals surface area contributed by atoms with Crippen LogP contribution in [0.2, 0.25) is 5.02 Å². The van der Waals surface area contributed by atoms with Gasteiger partial charge in [0.25, 0.3) is 0 Å². The maximum absolute atomic E-state index is 14.1. The van der Waals surface area contributed by atoms with Gasteiger partial charge in [-0.05, 0) is 12.1 Å². The monoisotopic (exact) mass is 339 g/mol. The predicted molar refractivity (Wildman–Crippen MR) is 69.1 cm³/mol. The molecule has 0 saturated carbocycles. The number of hydrogen-bond donors (Lipinski definition) is 3. The van der Waals surface area contributed by atoms with Gasteiger partial charge in [-0.1, -0.05) is 11.6 Å². The van der Waals surface area contributed by atoms with E-state index in [1.165, 1.54) is 0 Å². The number of benzene rings is 1. The molecule has 1 aromatic rings. The molecule has 0 aliphatic carbocycles. The summed E-state index contributed by atoms with van der Waals surface area (Å²) in [4.78, 5) is 9.98. The number of β-amino-alcohol motifs (C(OH)–C–C–N with tert-alkyl or cyclic N) is 2. The Balaban J connectivity index is 2.53. The Morgan fingerprint density at radius 3 is 2.29 bits per heavy atom. The third-order valence-corrected chi connectivity index (χ3v) is 5.13. The molecule has 1 saturated heterocycles. The van der Waals surface area contributed by atoms with Crippen molar-refractivity contribution in [2.45, 2.75) is 17.1 Å². The van der Waals surface area contributed by atoms with Crippen LogP contribution in [0.5, 0.6) is 0 Å². The molecule has 0 bridgehead atoms. The zero-order valence-electron chi connectivity index (χ0n) is 10.4. The maximum Gasteiger partial charge on any atom is 0.338 e. The van der Waals surface area contributed by atoms with E-state index in [2.05, 4.69) is 0 Å². The Morgan fingerprint density at radius 1 is 1.29 bits per heavy atom. The first-order valence-corrected chi connectivity index (χ1v) is 7.55. The number of aromatic carboxylic acids is 1. The molecule has 3 N–H and O–H groups in total. The van der Waals surface area contributed by atoms with Crippen LogP contribution in [0.4, 0.5) is 4.39 Å². The number of sulfonamides is 1. The fourth-order valence-corrected chi connectivity index (χ4v) is 3.85. The zero-order valence-corrected chi connectivity index (χ0v) is 12.0. The summed E-state index contributed by atoms with van der Waals surface area (Å²) >= 11 is 5.62. The van der Waals surface area contributed by atoms with Crippen molar-refractivity contribution in [3.05, 3.63) is 28.5 Å². The second-order valence-electron chi connectivity index (χ2n) is 4.53. The van der Waals surface area contributed by atoms with Crippen LogP contribution in [0.15, 0.2) is 17.0 Å². The van der Waals surface area contributed by atoms with Crippen molar-refractivity contribution in [2.24, 2.45) is 0 Å². The molecule has 1 fully saturated rings. The summed E-state index contributed by atoms with van der Waals surface area (Å²) in [5.41, 5.74) is -0.874. The quantitative estimate of drug-likeness (QED) is 0.708. The minimum Gasteiger partial charge on any atom is -0.478 e. The van der Waals surface area contributed by atoms with Gasteiger partial charge in [-0.15, -0.1) is 0 Å². The van der Waals surface area contributed by atoms with E-state index in [1.807, 2.05) is 0 Å². The molecule has 1 aromatic carbocycles. The van der Waals surface area contributed by atoms with Crippen molar-refractivity contribution in [3.8, 4) is 0 Å². The van der Waals surface area contributed by atoms with Crippen molar-refractivity contribution in [3.63, 3.8) is 0 Å². The normalized spacial score (nSPS) is 23.4. The van der Waals surface area contributed by atoms with E-state index in [9.17, 15) is 27.8 Å². The third kappa shape index (κ3) is 2.87. The lowest BCUT2D eigenvalue weighted by atomic mass is 10.2. The Bertz CT molecular complexity index is 684. The summed E-state index contributed by atoms with van der Waals surface area (Å²) in [6, 6.07) is 1.58. The maximum atomic E-state index is 14.1. The summed E-state index contributed by atoms with van der Waals surface area (Å²) < 4.78 is 39.3. The predicted octanol–water partition coefficient (Wildman–Crippen LogP) is -0.0966. The van der Waals surface area contributed by atoms with E-state index in [0.29, 0.717) is 4.31 Å². The molecule has 0 amide bonds. The molecule has 0 radical (unpaired) electrons. The third-order valence-electron chi connectivity index (χ3n) is 3.08. The van der Waals surface area contributed by atoms with Crippen molar-refractivity contribution in [1.82, 2.24) is 4.31 Å². The van der Waals surface area contributed by atoms with Gasteiger partial charge in [-0.3, -0.25) is 0 Å². The van der Waals surface area contributed by atoms with Crippen molar-refractivity contribution < 1.29 is 32.9 Å². The molecule has 10 heteroatoms. The highest BCUT2D eigenvalue weighted by atomic mass is 35.5. The highest BCUT2D eigenvalue weighted by molar-refractivity contribution is 7.89. The van der Waals surface area contributed by atoms with Crippen LogP contribution in [0.25, 0.3) is 0 Å². The summed E-state index contributed by atoms with van der Waals surface area (Å²) in [5.74, 6) is -3.10. The molecule has 2 unspecified atom stereocenters. The van der Waals surface area contributed by atoms with Crippen LogP contribution < -0.4 is 0 Å². The smallest absolute Gasteiger partial charge is 0.338 e. The minimum atomic E-state index is -4.42. The number of carbonyl (C=O) groups is 1. The average molecular weight is 340 g/mol. The Labute approximate surface area is 124 Å². The summed E-state index contributed by atoms with van der Waals surface area (Å²) in [6.07, 6.45) is -2.58. The lowest BCUT2D eigenvalue weighted by molar-refractivity contribution is 0.0572. The van der Waals surface area contributed by atoms with Crippen molar-refractivity contribution in [2.75, 3.05) is 13.1 Å². The van der Waals surface area contributed by atoms with E-state index in [-0.39, 0.29) is 5.02 Å². The van der Waals surface area contributed by atoms with Crippen molar-refractivity contribution in [1.29, 1.82) is 0 Å². The topological polar surface area (TPSA) is 115 Å². The molecule has 2 atom stereocenters. The van der Waals surface area contributed by atoms with Gasteiger partial charge in [0.15, 0.2) is 5.82 Å². The van der Waals surface area contributed by atoms with E-state index < -0.39 is 57.6 Å². The number of carboxylic acids is 1. The van der Waals surface area contributed by atoms with E-state index in [1.54, 1.807) is 0 Å². The van der Waals surface area contributed by atoms with E-state index in [0.717, 1.165) is 12.1 Å². The van der Waals surface area contributed by atoms with Crippen LogP contribution >= 0.6 is 11.6 Å². The van der Waals surface area contributed by atoms with Crippen LogP contribution in [-0.4, -0.2) is 59.3 Å². The van der Waals surface area contributed by atoms with Gasteiger partial charge in [0.2, 0.25) is 10.0 Å². The Hall–Kier alpha value is -1.26. The number of carboxylic acid groups (broad SMARTS) is 1. The standard InChI is InChI=1S/C11H11ClFNO6S/c12-5-1-6(11(17)18)10(13)9(2-5)21(19,20)14-3-7(15)8(16)4-14/h1-2,7-8,15-16H,3-4H2,(H,17,18). The minimum absolute atomic E-state index is 0.257. The molecule has 116 valence electrons. The molecule has 7 nitrogen and oxygen atoms in total. The molecule has 21 heavy (non-hydrogen) atoms. The summed E-state index contributed by atoms with van der Waals surface area (Å²) in [7, 11) is -4.42. The Kier molecular flexibility index (Phi) is 4.22. The van der Waals surface area contributed by atoms with Crippen LogP contribution in [0, 0.1) is 5.82 Å². The largest absolute Gasteiger partial charge is 0.478 e.